The lowest BCUT2D eigenvalue weighted by Gasteiger charge is -2.14. The molecule has 0 saturated carbocycles. The Morgan fingerprint density at radius 1 is 1.64 bits per heavy atom. The van der Waals surface area contributed by atoms with Crippen LogP contribution in [-0.4, -0.2) is 6.29 Å². The van der Waals surface area contributed by atoms with Crippen molar-refractivity contribution in [1.29, 1.82) is 0 Å². The number of hydrogen-bond acceptors (Lipinski definition) is 2. The van der Waals surface area contributed by atoms with Crippen molar-refractivity contribution in [2.75, 3.05) is 0 Å². The first-order valence-corrected chi connectivity index (χ1v) is 3.93. The molecule has 0 fully saturated rings. The molecule has 0 spiro atoms. The molecule has 0 radical (unpaired) electrons. The fraction of sp³-hybridized carbons (Fsp3) is 0.444. The van der Waals surface area contributed by atoms with Crippen LogP contribution in [0.3, 0.4) is 0 Å². The van der Waals surface area contributed by atoms with Crippen molar-refractivity contribution in [3.63, 3.8) is 0 Å². The van der Waals surface area contributed by atoms with Crippen molar-refractivity contribution in [2.24, 2.45) is 0 Å². The van der Waals surface area contributed by atoms with E-state index in [0.717, 1.165) is 31.3 Å². The van der Waals surface area contributed by atoms with Crippen molar-refractivity contribution in [3.8, 4) is 0 Å². The number of carbonyl (C=O) groups is 1. The van der Waals surface area contributed by atoms with Crippen molar-refractivity contribution in [1.82, 2.24) is 0 Å². The first-order chi connectivity index (χ1) is 5.42. The van der Waals surface area contributed by atoms with Gasteiger partial charge in [-0.15, -0.1) is 0 Å². The molecule has 1 aromatic rings. The van der Waals surface area contributed by atoms with Crippen LogP contribution in [0.5, 0.6) is 0 Å². The zero-order valence-corrected chi connectivity index (χ0v) is 6.25. The monoisotopic (exact) mass is 150 g/mol. The fourth-order valence-corrected chi connectivity index (χ4v) is 1.65. The highest BCUT2D eigenvalue weighted by Gasteiger charge is 2.22. The van der Waals surface area contributed by atoms with Crippen LogP contribution in [0.4, 0.5) is 0 Å². The summed E-state index contributed by atoms with van der Waals surface area (Å²) in [7, 11) is 0. The predicted octanol–water partition coefficient (Wildman–Crippen LogP) is 1.90. The first kappa shape index (κ1) is 6.65. The highest BCUT2D eigenvalue weighted by Crippen LogP contribution is 2.30. The lowest BCUT2D eigenvalue weighted by atomic mass is 9.90. The molecule has 0 N–H and O–H groups in total. The SMILES string of the molecule is O=C[C@@H]1CCCc2ccoc21. The average molecular weight is 150 g/mol. The number of carbonyl (C=O) groups excluding carboxylic acids is 1. The molecule has 0 aliphatic heterocycles. The summed E-state index contributed by atoms with van der Waals surface area (Å²) in [6.07, 6.45) is 5.78. The summed E-state index contributed by atoms with van der Waals surface area (Å²) in [5.41, 5.74) is 1.22. The molecular formula is C9H10O2. The quantitative estimate of drug-likeness (QED) is 0.572. The molecule has 1 atom stereocenters. The van der Waals surface area contributed by atoms with Gasteiger partial charge in [-0.2, -0.15) is 0 Å². The van der Waals surface area contributed by atoms with Crippen LogP contribution in [0.2, 0.25) is 0 Å². The second-order valence-electron chi connectivity index (χ2n) is 2.94. The summed E-state index contributed by atoms with van der Waals surface area (Å²) >= 11 is 0. The molecule has 2 nitrogen and oxygen atoms in total. The zero-order chi connectivity index (χ0) is 7.68. The van der Waals surface area contributed by atoms with Crippen molar-refractivity contribution in [3.05, 3.63) is 23.7 Å². The maximum absolute atomic E-state index is 10.6. The van der Waals surface area contributed by atoms with Gasteiger partial charge in [0.05, 0.1) is 12.2 Å². The molecule has 0 unspecified atom stereocenters. The van der Waals surface area contributed by atoms with Gasteiger partial charge in [-0.3, -0.25) is 0 Å². The standard InChI is InChI=1S/C9H10O2/c10-6-8-3-1-2-7-4-5-11-9(7)8/h4-6,8H,1-3H2/t8-/m0/s1. The molecule has 0 bridgehead atoms. The Labute approximate surface area is 65.2 Å². The number of fused-ring (bicyclic) bond motifs is 1. The number of rotatable bonds is 1. The topological polar surface area (TPSA) is 30.2 Å². The summed E-state index contributed by atoms with van der Waals surface area (Å²) in [6, 6.07) is 1.96. The van der Waals surface area contributed by atoms with Crippen LogP contribution in [0.25, 0.3) is 0 Å². The minimum atomic E-state index is 0.0220. The van der Waals surface area contributed by atoms with E-state index in [1.165, 1.54) is 5.56 Å². The molecule has 1 aliphatic carbocycles. The van der Waals surface area contributed by atoms with E-state index in [-0.39, 0.29) is 5.92 Å². The number of hydrogen-bond donors (Lipinski definition) is 0. The Hall–Kier alpha value is -1.05. The highest BCUT2D eigenvalue weighted by molar-refractivity contribution is 5.62. The van der Waals surface area contributed by atoms with Crippen LogP contribution in [0.1, 0.15) is 30.1 Å². The molecule has 2 rings (SSSR count). The van der Waals surface area contributed by atoms with E-state index >= 15 is 0 Å². The molecule has 0 amide bonds. The molecule has 2 heteroatoms. The molecule has 1 aliphatic rings. The van der Waals surface area contributed by atoms with Gasteiger partial charge >= 0.3 is 0 Å². The zero-order valence-electron chi connectivity index (χ0n) is 6.25. The van der Waals surface area contributed by atoms with Crippen LogP contribution < -0.4 is 0 Å². The maximum atomic E-state index is 10.6. The van der Waals surface area contributed by atoms with Crippen molar-refractivity contribution < 1.29 is 9.21 Å². The smallest absolute Gasteiger partial charge is 0.130 e. The van der Waals surface area contributed by atoms with Gasteiger partial charge in [-0.25, -0.2) is 0 Å². The Kier molecular flexibility index (Phi) is 1.53. The van der Waals surface area contributed by atoms with Gasteiger partial charge in [0.2, 0.25) is 0 Å². The summed E-state index contributed by atoms with van der Waals surface area (Å²) in [6.45, 7) is 0. The molecule has 1 aromatic heterocycles. The molecule has 11 heavy (non-hydrogen) atoms. The van der Waals surface area contributed by atoms with Crippen molar-refractivity contribution >= 4 is 6.29 Å². The lowest BCUT2D eigenvalue weighted by Crippen LogP contribution is -2.07. The van der Waals surface area contributed by atoms with Gasteiger partial charge in [-0.1, -0.05) is 0 Å². The Bertz CT molecular complexity index is 262. The van der Waals surface area contributed by atoms with Gasteiger partial charge < -0.3 is 9.21 Å². The third-order valence-electron chi connectivity index (χ3n) is 2.24. The molecule has 0 saturated heterocycles. The maximum Gasteiger partial charge on any atom is 0.130 e. The fourth-order valence-electron chi connectivity index (χ4n) is 1.65. The van der Waals surface area contributed by atoms with Gasteiger partial charge in [0.1, 0.15) is 12.0 Å². The molecule has 58 valence electrons. The Morgan fingerprint density at radius 2 is 2.55 bits per heavy atom. The van der Waals surface area contributed by atoms with E-state index in [2.05, 4.69) is 0 Å². The predicted molar refractivity (Wildman–Crippen MR) is 40.5 cm³/mol. The van der Waals surface area contributed by atoms with Gasteiger partial charge in [0.25, 0.3) is 0 Å². The van der Waals surface area contributed by atoms with E-state index < -0.39 is 0 Å². The van der Waals surface area contributed by atoms with Crippen LogP contribution in [0, 0.1) is 0 Å². The lowest BCUT2D eigenvalue weighted by molar-refractivity contribution is -0.109. The van der Waals surface area contributed by atoms with Crippen molar-refractivity contribution in [2.45, 2.75) is 25.2 Å². The van der Waals surface area contributed by atoms with E-state index in [1.807, 2.05) is 6.07 Å². The van der Waals surface area contributed by atoms with E-state index in [4.69, 9.17) is 4.42 Å². The van der Waals surface area contributed by atoms with E-state index in [0.29, 0.717) is 0 Å². The summed E-state index contributed by atoms with van der Waals surface area (Å²) in [4.78, 5) is 10.6. The summed E-state index contributed by atoms with van der Waals surface area (Å²) in [5.74, 6) is 0.917. The average Bonchev–Trinajstić information content (AvgIpc) is 2.50. The minimum absolute atomic E-state index is 0.0220. The van der Waals surface area contributed by atoms with Gasteiger partial charge in [-0.05, 0) is 30.9 Å². The molecule has 1 heterocycles. The largest absolute Gasteiger partial charge is 0.468 e. The third kappa shape index (κ3) is 0.985. The first-order valence-electron chi connectivity index (χ1n) is 3.93. The van der Waals surface area contributed by atoms with Crippen LogP contribution in [-0.2, 0) is 11.2 Å². The highest BCUT2D eigenvalue weighted by atomic mass is 16.3. The second kappa shape index (κ2) is 2.53. The van der Waals surface area contributed by atoms with Crippen LogP contribution >= 0.6 is 0 Å². The van der Waals surface area contributed by atoms with E-state index in [1.54, 1.807) is 6.26 Å². The number of aryl methyl sites for hydroxylation is 1. The second-order valence-corrected chi connectivity index (χ2v) is 2.94. The Morgan fingerprint density at radius 3 is 3.36 bits per heavy atom. The van der Waals surface area contributed by atoms with Gasteiger partial charge in [0, 0.05) is 0 Å². The minimum Gasteiger partial charge on any atom is -0.468 e. The molecule has 0 aromatic carbocycles. The summed E-state index contributed by atoms with van der Waals surface area (Å²) < 4.78 is 5.23. The normalized spacial score (nSPS) is 22.7. The summed E-state index contributed by atoms with van der Waals surface area (Å²) in [5, 5.41) is 0. The number of furan rings is 1. The molecular weight excluding hydrogens is 140 g/mol. The Balaban J connectivity index is 2.39. The number of aldehydes is 1. The van der Waals surface area contributed by atoms with Gasteiger partial charge in [0.15, 0.2) is 0 Å². The third-order valence-corrected chi connectivity index (χ3v) is 2.24. The van der Waals surface area contributed by atoms with Crippen LogP contribution in [0.15, 0.2) is 16.7 Å². The van der Waals surface area contributed by atoms with E-state index in [9.17, 15) is 4.79 Å².